The van der Waals surface area contributed by atoms with Crippen LogP contribution in [-0.4, -0.2) is 68.7 Å². The van der Waals surface area contributed by atoms with Crippen LogP contribution in [0.2, 0.25) is 0 Å². The Hall–Kier alpha value is -0.690. The number of aliphatic hydroxyl groups excluding tert-OH is 1. The smallest absolute Gasteiger partial charge is 0.236 e. The Morgan fingerprint density at radius 1 is 1.32 bits per heavy atom. The number of rotatable bonds is 7. The third-order valence-corrected chi connectivity index (χ3v) is 3.61. The second kappa shape index (κ2) is 8.47. The standard InChI is InChI=1S/C13H26N2O4/c1-15(9-13(18-2)19-3)12(17)8-14-10-4-6-11(16)7-5-10/h10-11,13-14,16H,4-9H2,1-3H3/t10-,11+. The monoisotopic (exact) mass is 274 g/mol. The number of amides is 1. The zero-order valence-corrected chi connectivity index (χ0v) is 12.1. The highest BCUT2D eigenvalue weighted by molar-refractivity contribution is 5.78. The summed E-state index contributed by atoms with van der Waals surface area (Å²) in [6.45, 7) is 0.730. The largest absolute Gasteiger partial charge is 0.393 e. The summed E-state index contributed by atoms with van der Waals surface area (Å²) in [6, 6.07) is 0.335. The molecule has 6 nitrogen and oxygen atoms in total. The number of likely N-dealkylation sites (N-methyl/N-ethyl adjacent to an activating group) is 1. The second-order valence-electron chi connectivity index (χ2n) is 5.06. The maximum Gasteiger partial charge on any atom is 0.236 e. The van der Waals surface area contributed by atoms with Gasteiger partial charge in [-0.15, -0.1) is 0 Å². The Morgan fingerprint density at radius 3 is 2.42 bits per heavy atom. The number of nitrogens with zero attached hydrogens (tertiary/aromatic N) is 1. The highest BCUT2D eigenvalue weighted by Crippen LogP contribution is 2.17. The van der Waals surface area contributed by atoms with Gasteiger partial charge in [-0.1, -0.05) is 0 Å². The number of hydrogen-bond donors (Lipinski definition) is 2. The Kier molecular flexibility index (Phi) is 7.30. The summed E-state index contributed by atoms with van der Waals surface area (Å²) in [4.78, 5) is 13.5. The first-order valence-electron chi connectivity index (χ1n) is 6.77. The Balaban J connectivity index is 2.22. The van der Waals surface area contributed by atoms with E-state index in [9.17, 15) is 9.90 Å². The SMILES string of the molecule is COC(CN(C)C(=O)CN[C@H]1CC[C@@H](O)CC1)OC. The molecule has 112 valence electrons. The fraction of sp³-hybridized carbons (Fsp3) is 0.923. The van der Waals surface area contributed by atoms with Crippen molar-refractivity contribution in [2.45, 2.75) is 44.1 Å². The molecule has 0 aromatic heterocycles. The van der Waals surface area contributed by atoms with Crippen LogP contribution in [0.25, 0.3) is 0 Å². The van der Waals surface area contributed by atoms with E-state index in [4.69, 9.17) is 9.47 Å². The van der Waals surface area contributed by atoms with Gasteiger partial charge in [-0.05, 0) is 25.7 Å². The van der Waals surface area contributed by atoms with Crippen LogP contribution in [0.4, 0.5) is 0 Å². The molecule has 0 aliphatic heterocycles. The van der Waals surface area contributed by atoms with E-state index in [2.05, 4.69) is 5.32 Å². The fourth-order valence-corrected chi connectivity index (χ4v) is 2.22. The summed E-state index contributed by atoms with van der Waals surface area (Å²) in [6.07, 6.45) is 2.93. The minimum atomic E-state index is -0.390. The number of nitrogens with one attached hydrogen (secondary N) is 1. The van der Waals surface area contributed by atoms with Crippen LogP contribution in [0.5, 0.6) is 0 Å². The third-order valence-electron chi connectivity index (χ3n) is 3.61. The lowest BCUT2D eigenvalue weighted by Gasteiger charge is -2.27. The van der Waals surface area contributed by atoms with Crippen molar-refractivity contribution in [1.29, 1.82) is 0 Å². The number of aliphatic hydroxyl groups is 1. The van der Waals surface area contributed by atoms with E-state index in [0.29, 0.717) is 19.1 Å². The van der Waals surface area contributed by atoms with Gasteiger partial charge in [0.25, 0.3) is 0 Å². The van der Waals surface area contributed by atoms with Gasteiger partial charge < -0.3 is 24.8 Å². The summed E-state index contributed by atoms with van der Waals surface area (Å²) in [7, 11) is 4.84. The second-order valence-corrected chi connectivity index (χ2v) is 5.06. The summed E-state index contributed by atoms with van der Waals surface area (Å²) >= 11 is 0. The van der Waals surface area contributed by atoms with Crippen molar-refractivity contribution >= 4 is 5.91 Å². The quantitative estimate of drug-likeness (QED) is 0.637. The van der Waals surface area contributed by atoms with Gasteiger partial charge in [-0.25, -0.2) is 0 Å². The van der Waals surface area contributed by atoms with Crippen molar-refractivity contribution in [3.63, 3.8) is 0 Å². The number of methoxy groups -OCH3 is 2. The molecular weight excluding hydrogens is 248 g/mol. The van der Waals surface area contributed by atoms with Crippen molar-refractivity contribution in [1.82, 2.24) is 10.2 Å². The van der Waals surface area contributed by atoms with Crippen molar-refractivity contribution in [3.05, 3.63) is 0 Å². The summed E-state index contributed by atoms with van der Waals surface area (Å²) < 4.78 is 10.1. The topological polar surface area (TPSA) is 71.0 Å². The molecule has 0 aromatic rings. The van der Waals surface area contributed by atoms with Gasteiger partial charge in [0.1, 0.15) is 0 Å². The summed E-state index contributed by atoms with van der Waals surface area (Å²) in [5, 5.41) is 12.7. The molecule has 1 amide bonds. The van der Waals surface area contributed by atoms with E-state index in [-0.39, 0.29) is 12.0 Å². The molecule has 0 atom stereocenters. The average Bonchev–Trinajstić information content (AvgIpc) is 2.43. The van der Waals surface area contributed by atoms with Gasteiger partial charge in [0.2, 0.25) is 5.91 Å². The zero-order chi connectivity index (χ0) is 14.3. The lowest BCUT2D eigenvalue weighted by molar-refractivity contribution is -0.142. The highest BCUT2D eigenvalue weighted by Gasteiger charge is 2.20. The van der Waals surface area contributed by atoms with Crippen LogP contribution in [0.3, 0.4) is 0 Å². The molecule has 0 radical (unpaired) electrons. The lowest BCUT2D eigenvalue weighted by Crippen LogP contribution is -2.44. The van der Waals surface area contributed by atoms with E-state index in [1.54, 1.807) is 26.2 Å². The average molecular weight is 274 g/mol. The van der Waals surface area contributed by atoms with Crippen LogP contribution in [-0.2, 0) is 14.3 Å². The van der Waals surface area contributed by atoms with Gasteiger partial charge >= 0.3 is 0 Å². The maximum absolute atomic E-state index is 11.9. The molecule has 1 aliphatic rings. The third kappa shape index (κ3) is 5.86. The van der Waals surface area contributed by atoms with Crippen LogP contribution in [0.15, 0.2) is 0 Å². The van der Waals surface area contributed by atoms with E-state index in [1.165, 1.54) is 0 Å². The minimum absolute atomic E-state index is 0.0187. The van der Waals surface area contributed by atoms with E-state index < -0.39 is 6.29 Å². The number of ether oxygens (including phenoxy) is 2. The highest BCUT2D eigenvalue weighted by atomic mass is 16.7. The van der Waals surface area contributed by atoms with Crippen molar-refractivity contribution < 1.29 is 19.4 Å². The first-order chi connectivity index (χ1) is 9.06. The predicted octanol–water partition coefficient (Wildman–Crippen LogP) is -0.0432. The zero-order valence-electron chi connectivity index (χ0n) is 12.1. The van der Waals surface area contributed by atoms with Gasteiger partial charge in [0.15, 0.2) is 6.29 Å². The number of carbonyl (C=O) groups is 1. The lowest BCUT2D eigenvalue weighted by atomic mass is 9.93. The molecule has 1 aliphatic carbocycles. The first kappa shape index (κ1) is 16.4. The van der Waals surface area contributed by atoms with Crippen LogP contribution < -0.4 is 5.32 Å². The molecule has 0 bridgehead atoms. The number of hydrogen-bond acceptors (Lipinski definition) is 5. The van der Waals surface area contributed by atoms with Gasteiger partial charge in [0, 0.05) is 27.3 Å². The van der Waals surface area contributed by atoms with Gasteiger partial charge in [-0.2, -0.15) is 0 Å². The minimum Gasteiger partial charge on any atom is -0.393 e. The molecule has 2 N–H and O–H groups in total. The van der Waals surface area contributed by atoms with E-state index in [1.807, 2.05) is 0 Å². The van der Waals surface area contributed by atoms with Gasteiger partial charge in [-0.3, -0.25) is 4.79 Å². The Bertz CT molecular complexity index is 263. The van der Waals surface area contributed by atoms with E-state index in [0.717, 1.165) is 25.7 Å². The summed E-state index contributed by atoms with van der Waals surface area (Å²) in [5.74, 6) is 0.0187. The van der Waals surface area contributed by atoms with E-state index >= 15 is 0 Å². The Morgan fingerprint density at radius 2 is 1.89 bits per heavy atom. The molecule has 1 rings (SSSR count). The molecule has 0 heterocycles. The predicted molar refractivity (Wildman–Crippen MR) is 71.7 cm³/mol. The van der Waals surface area contributed by atoms with Gasteiger partial charge in [0.05, 0.1) is 19.2 Å². The van der Waals surface area contributed by atoms with Crippen LogP contribution in [0.1, 0.15) is 25.7 Å². The van der Waals surface area contributed by atoms with Crippen molar-refractivity contribution in [2.24, 2.45) is 0 Å². The van der Waals surface area contributed by atoms with Crippen LogP contribution in [0, 0.1) is 0 Å². The first-order valence-corrected chi connectivity index (χ1v) is 6.77. The molecule has 0 aromatic carbocycles. The molecule has 6 heteroatoms. The summed E-state index contributed by atoms with van der Waals surface area (Å²) in [5.41, 5.74) is 0. The maximum atomic E-state index is 11.9. The Labute approximate surface area is 115 Å². The van der Waals surface area contributed by atoms with Crippen molar-refractivity contribution in [3.8, 4) is 0 Å². The molecule has 1 fully saturated rings. The molecule has 1 saturated carbocycles. The van der Waals surface area contributed by atoms with Crippen molar-refractivity contribution in [2.75, 3.05) is 34.4 Å². The molecular formula is C13H26N2O4. The van der Waals surface area contributed by atoms with Crippen LogP contribution >= 0.6 is 0 Å². The molecule has 0 saturated heterocycles. The molecule has 0 unspecified atom stereocenters. The molecule has 0 spiro atoms. The molecule has 19 heavy (non-hydrogen) atoms. The normalized spacial score (nSPS) is 23.6. The number of carbonyl (C=O) groups excluding carboxylic acids is 1. The fourth-order valence-electron chi connectivity index (χ4n) is 2.22.